The maximum absolute atomic E-state index is 12.4. The molecule has 4 aliphatic rings. The minimum atomic E-state index is -0.745. The van der Waals surface area contributed by atoms with Crippen LogP contribution >= 0.6 is 0 Å². The van der Waals surface area contributed by atoms with Gasteiger partial charge in [0.15, 0.2) is 0 Å². The molecule has 0 saturated carbocycles. The topological polar surface area (TPSA) is 136 Å². The molecule has 2 aromatic rings. The summed E-state index contributed by atoms with van der Waals surface area (Å²) in [6.07, 6.45) is 2.97. The third-order valence-electron chi connectivity index (χ3n) is 11.4. The highest BCUT2D eigenvalue weighted by molar-refractivity contribution is 5.81. The number of carboxylic acid groups (broad SMARTS) is 1. The van der Waals surface area contributed by atoms with Crippen molar-refractivity contribution in [1.82, 2.24) is 19.6 Å². The van der Waals surface area contributed by atoms with Crippen LogP contribution in [0.15, 0.2) is 36.4 Å². The molecular formula is C46H70N6O8. The van der Waals surface area contributed by atoms with Crippen LogP contribution in [0.4, 0.5) is 21.0 Å². The number of hydrogen-bond acceptors (Lipinski definition) is 11. The molecule has 0 aromatic heterocycles. The van der Waals surface area contributed by atoms with Crippen molar-refractivity contribution in [1.29, 1.82) is 0 Å². The Morgan fingerprint density at radius 3 is 1.40 bits per heavy atom. The molecule has 4 fully saturated rings. The SMILES string of the molecule is CCOC(=O)C1CCCN1c1cc(CN2CCN(C(=O)OC(C)(C)C)CC2)ccc1C.Cc1ccc(CN2CCN(C(=O)OC(C)(C)C)CC2)cc1N1CCCC1C(=O)O. The lowest BCUT2D eigenvalue weighted by atomic mass is 10.1. The van der Waals surface area contributed by atoms with E-state index in [0.717, 1.165) is 88.6 Å². The van der Waals surface area contributed by atoms with Crippen molar-refractivity contribution in [2.75, 3.05) is 81.9 Å². The predicted octanol–water partition coefficient (Wildman–Crippen LogP) is 6.68. The quantitative estimate of drug-likeness (QED) is 0.213. The largest absolute Gasteiger partial charge is 0.480 e. The number of nitrogens with zero attached hydrogens (tertiary/aromatic N) is 6. The summed E-state index contributed by atoms with van der Waals surface area (Å²) < 4.78 is 16.2. The zero-order valence-electron chi connectivity index (χ0n) is 37.6. The number of aryl methyl sites for hydroxylation is 2. The molecule has 332 valence electrons. The number of carboxylic acids is 1. The first-order chi connectivity index (χ1) is 28.3. The van der Waals surface area contributed by atoms with Gasteiger partial charge in [-0.05, 0) is 122 Å². The molecule has 2 aromatic carbocycles. The summed E-state index contributed by atoms with van der Waals surface area (Å²) in [7, 11) is 0. The van der Waals surface area contributed by atoms with Gasteiger partial charge in [-0.25, -0.2) is 19.2 Å². The second-order valence-corrected chi connectivity index (χ2v) is 18.5. The molecule has 14 nitrogen and oxygen atoms in total. The Balaban J connectivity index is 0.000000228. The van der Waals surface area contributed by atoms with Crippen LogP contribution in [0, 0.1) is 13.8 Å². The number of carbonyl (C=O) groups is 4. The highest BCUT2D eigenvalue weighted by atomic mass is 16.6. The second kappa shape index (κ2) is 20.3. The van der Waals surface area contributed by atoms with Gasteiger partial charge in [-0.3, -0.25) is 9.80 Å². The van der Waals surface area contributed by atoms with Gasteiger partial charge in [-0.1, -0.05) is 24.3 Å². The minimum absolute atomic E-state index is 0.122. The van der Waals surface area contributed by atoms with Crippen LogP contribution in [0.25, 0.3) is 0 Å². The van der Waals surface area contributed by atoms with Gasteiger partial charge >= 0.3 is 24.1 Å². The number of benzene rings is 2. The van der Waals surface area contributed by atoms with E-state index in [1.165, 1.54) is 16.7 Å². The Labute approximate surface area is 357 Å². The molecule has 4 aliphatic heterocycles. The Kier molecular flexibility index (Phi) is 15.8. The fourth-order valence-corrected chi connectivity index (χ4v) is 8.32. The Morgan fingerprint density at radius 2 is 1.02 bits per heavy atom. The molecule has 60 heavy (non-hydrogen) atoms. The average Bonchev–Trinajstić information content (AvgIpc) is 3.87. The van der Waals surface area contributed by atoms with E-state index >= 15 is 0 Å². The number of aliphatic carboxylic acids is 1. The molecule has 0 radical (unpaired) electrons. The third kappa shape index (κ3) is 13.0. The molecule has 0 spiro atoms. The van der Waals surface area contributed by atoms with Crippen LogP contribution in [-0.4, -0.2) is 144 Å². The molecule has 2 unspecified atom stereocenters. The van der Waals surface area contributed by atoms with E-state index < -0.39 is 23.2 Å². The monoisotopic (exact) mass is 835 g/mol. The Morgan fingerprint density at radius 1 is 0.617 bits per heavy atom. The van der Waals surface area contributed by atoms with Crippen molar-refractivity contribution < 1.29 is 38.5 Å². The lowest BCUT2D eigenvalue weighted by Crippen LogP contribution is -2.49. The standard InChI is InChI=1S/C24H37N3O4.C22H33N3O4/c1-6-30-22(28)20-8-7-11-27(20)21-16-19(10-9-18(21)2)17-25-12-14-26(15-13-25)23(29)31-24(3,4)5;1-16-7-8-17(14-19(16)25-9-5-6-18(25)20(26)27)15-23-10-12-24(13-11-23)21(28)29-22(2,3)4/h9-10,16,20H,6-8,11-15,17H2,1-5H3;7-8,14,18H,5-6,9-13,15H2,1-4H3,(H,26,27). The number of hydrogen-bond donors (Lipinski definition) is 1. The molecule has 2 atom stereocenters. The van der Waals surface area contributed by atoms with E-state index in [-0.39, 0.29) is 24.2 Å². The number of piperazine rings is 2. The molecule has 14 heteroatoms. The molecule has 2 amide bonds. The van der Waals surface area contributed by atoms with E-state index in [2.05, 4.69) is 58.0 Å². The summed E-state index contributed by atoms with van der Waals surface area (Å²) in [5, 5.41) is 9.51. The van der Waals surface area contributed by atoms with Crippen molar-refractivity contribution in [2.45, 2.75) is 124 Å². The van der Waals surface area contributed by atoms with Crippen molar-refractivity contribution in [3.8, 4) is 0 Å². The zero-order chi connectivity index (χ0) is 43.8. The number of esters is 1. The zero-order valence-corrected chi connectivity index (χ0v) is 37.6. The van der Waals surface area contributed by atoms with Gasteiger partial charge in [0.1, 0.15) is 23.3 Å². The van der Waals surface area contributed by atoms with Crippen LogP contribution in [0.2, 0.25) is 0 Å². The Hall–Kier alpha value is -4.56. The number of ether oxygens (including phenoxy) is 3. The van der Waals surface area contributed by atoms with Crippen LogP contribution < -0.4 is 9.80 Å². The number of carbonyl (C=O) groups excluding carboxylic acids is 3. The summed E-state index contributed by atoms with van der Waals surface area (Å²) in [5.41, 5.74) is 5.89. The number of anilines is 2. The van der Waals surface area contributed by atoms with Crippen molar-refractivity contribution >= 4 is 35.5 Å². The normalized spacial score (nSPS) is 20.4. The summed E-state index contributed by atoms with van der Waals surface area (Å²) in [6, 6.07) is 12.2. The lowest BCUT2D eigenvalue weighted by Gasteiger charge is -2.35. The van der Waals surface area contributed by atoms with Crippen molar-refractivity contribution in [2.24, 2.45) is 0 Å². The second-order valence-electron chi connectivity index (χ2n) is 18.5. The maximum Gasteiger partial charge on any atom is 0.410 e. The van der Waals surface area contributed by atoms with Gasteiger partial charge in [0.05, 0.1) is 6.61 Å². The summed E-state index contributed by atoms with van der Waals surface area (Å²) in [5.74, 6) is -0.867. The fraction of sp³-hybridized carbons (Fsp3) is 0.652. The van der Waals surface area contributed by atoms with Crippen LogP contribution in [0.5, 0.6) is 0 Å². The van der Waals surface area contributed by atoms with E-state index in [4.69, 9.17) is 14.2 Å². The first-order valence-electron chi connectivity index (χ1n) is 21.8. The molecule has 0 bridgehead atoms. The molecule has 4 heterocycles. The summed E-state index contributed by atoms with van der Waals surface area (Å²) in [6.45, 7) is 26.9. The molecule has 6 rings (SSSR count). The first kappa shape index (κ1) is 46.5. The highest BCUT2D eigenvalue weighted by Crippen LogP contribution is 2.32. The number of amides is 2. The first-order valence-corrected chi connectivity index (χ1v) is 21.8. The molecule has 1 N–H and O–H groups in total. The van der Waals surface area contributed by atoms with E-state index in [9.17, 15) is 24.3 Å². The Bertz CT molecular complexity index is 1790. The maximum atomic E-state index is 12.4. The van der Waals surface area contributed by atoms with Crippen LogP contribution in [-0.2, 0) is 36.9 Å². The lowest BCUT2D eigenvalue weighted by molar-refractivity contribution is -0.144. The van der Waals surface area contributed by atoms with Crippen LogP contribution in [0.3, 0.4) is 0 Å². The molecule has 4 saturated heterocycles. The predicted molar refractivity (Wildman–Crippen MR) is 234 cm³/mol. The van der Waals surface area contributed by atoms with Gasteiger partial charge in [-0.2, -0.15) is 0 Å². The summed E-state index contributed by atoms with van der Waals surface area (Å²) in [4.78, 5) is 61.0. The van der Waals surface area contributed by atoms with Crippen LogP contribution in [0.1, 0.15) is 96.4 Å². The average molecular weight is 835 g/mol. The fourth-order valence-electron chi connectivity index (χ4n) is 8.32. The smallest absolute Gasteiger partial charge is 0.410 e. The minimum Gasteiger partial charge on any atom is -0.480 e. The molecular weight excluding hydrogens is 765 g/mol. The van der Waals surface area contributed by atoms with Gasteiger partial charge in [-0.15, -0.1) is 0 Å². The highest BCUT2D eigenvalue weighted by Gasteiger charge is 2.34. The van der Waals surface area contributed by atoms with Crippen molar-refractivity contribution in [3.05, 3.63) is 58.7 Å². The third-order valence-corrected chi connectivity index (χ3v) is 11.4. The summed E-state index contributed by atoms with van der Waals surface area (Å²) >= 11 is 0. The van der Waals surface area contributed by atoms with Gasteiger partial charge in [0.25, 0.3) is 0 Å². The van der Waals surface area contributed by atoms with E-state index in [1.807, 2.05) is 60.3 Å². The van der Waals surface area contributed by atoms with Crippen molar-refractivity contribution in [3.63, 3.8) is 0 Å². The van der Waals surface area contributed by atoms with Gasteiger partial charge in [0, 0.05) is 89.9 Å². The van der Waals surface area contributed by atoms with Gasteiger partial charge in [0.2, 0.25) is 0 Å². The number of rotatable bonds is 9. The van der Waals surface area contributed by atoms with E-state index in [1.54, 1.807) is 9.80 Å². The van der Waals surface area contributed by atoms with E-state index in [0.29, 0.717) is 39.2 Å². The van der Waals surface area contributed by atoms with Gasteiger partial charge < -0.3 is 38.9 Å². The molecule has 0 aliphatic carbocycles.